The Hall–Kier alpha value is -0.610. The maximum absolute atomic E-state index is 10.9. The first kappa shape index (κ1) is 9.48. The molecule has 1 aromatic rings. The summed E-state index contributed by atoms with van der Waals surface area (Å²) in [6, 6.07) is 5.04. The lowest BCUT2D eigenvalue weighted by Crippen LogP contribution is -2.13. The lowest BCUT2D eigenvalue weighted by Gasteiger charge is -2.00. The van der Waals surface area contributed by atoms with Crippen molar-refractivity contribution < 1.29 is 4.79 Å². The fourth-order valence-electron chi connectivity index (χ4n) is 0.654. The number of nitrogens with one attached hydrogen (secondary N) is 1. The smallest absolute Gasteiger partial charge is 0.236 e. The topological polar surface area (TPSA) is 42.0 Å². The number of hydrogen-bond donors (Lipinski definition) is 1. The van der Waals surface area contributed by atoms with Gasteiger partial charge in [0.15, 0.2) is 0 Å². The Labute approximate surface area is 83.3 Å². The highest BCUT2D eigenvalue weighted by Gasteiger charge is 1.99. The van der Waals surface area contributed by atoms with E-state index in [0.717, 1.165) is 0 Å². The van der Waals surface area contributed by atoms with Crippen LogP contribution in [0.4, 0.5) is 5.82 Å². The highest BCUT2D eigenvalue weighted by atomic mass is 79.9. The van der Waals surface area contributed by atoms with E-state index < -0.39 is 0 Å². The average Bonchev–Trinajstić information content (AvgIpc) is 2.04. The monoisotopic (exact) mass is 248 g/mol. The molecule has 0 saturated carbocycles. The van der Waals surface area contributed by atoms with Crippen molar-refractivity contribution in [2.24, 2.45) is 0 Å². The number of pyridine rings is 1. The highest BCUT2D eigenvalue weighted by molar-refractivity contribution is 9.09. The zero-order valence-electron chi connectivity index (χ0n) is 6.05. The van der Waals surface area contributed by atoms with E-state index in [2.05, 4.69) is 26.2 Å². The Bertz CT molecular complexity index is 292. The molecule has 0 bridgehead atoms. The van der Waals surface area contributed by atoms with Gasteiger partial charge in [0.05, 0.1) is 5.33 Å². The van der Waals surface area contributed by atoms with Gasteiger partial charge in [-0.2, -0.15) is 0 Å². The van der Waals surface area contributed by atoms with Gasteiger partial charge in [-0.25, -0.2) is 4.98 Å². The quantitative estimate of drug-likeness (QED) is 0.644. The van der Waals surface area contributed by atoms with Crippen molar-refractivity contribution in [3.63, 3.8) is 0 Å². The van der Waals surface area contributed by atoms with Crippen molar-refractivity contribution in [2.45, 2.75) is 0 Å². The Morgan fingerprint density at radius 2 is 2.42 bits per heavy atom. The number of amides is 1. The van der Waals surface area contributed by atoms with E-state index in [9.17, 15) is 4.79 Å². The number of hydrogen-bond acceptors (Lipinski definition) is 2. The van der Waals surface area contributed by atoms with Gasteiger partial charge in [0.1, 0.15) is 11.0 Å². The van der Waals surface area contributed by atoms with Crippen LogP contribution in [0.5, 0.6) is 0 Å². The summed E-state index contributed by atoms with van der Waals surface area (Å²) in [5.74, 6) is 0.316. The maximum Gasteiger partial charge on any atom is 0.236 e. The molecule has 1 heterocycles. The number of nitrogens with zero attached hydrogens (tertiary/aromatic N) is 1. The van der Waals surface area contributed by atoms with Gasteiger partial charge in [-0.05, 0) is 12.1 Å². The second kappa shape index (κ2) is 4.42. The predicted octanol–water partition coefficient (Wildman–Crippen LogP) is 2.07. The van der Waals surface area contributed by atoms with Gasteiger partial charge in [0.2, 0.25) is 5.91 Å². The van der Waals surface area contributed by atoms with Crippen LogP contribution in [0.2, 0.25) is 5.15 Å². The summed E-state index contributed by atoms with van der Waals surface area (Å²) < 4.78 is 0. The molecule has 0 saturated heterocycles. The van der Waals surface area contributed by atoms with E-state index in [0.29, 0.717) is 11.0 Å². The molecule has 0 aliphatic rings. The van der Waals surface area contributed by atoms with Crippen LogP contribution in [-0.2, 0) is 4.79 Å². The van der Waals surface area contributed by atoms with Gasteiger partial charge in [-0.15, -0.1) is 0 Å². The molecule has 0 spiro atoms. The molecule has 5 heteroatoms. The van der Waals surface area contributed by atoms with Crippen LogP contribution in [0.1, 0.15) is 0 Å². The van der Waals surface area contributed by atoms with Crippen molar-refractivity contribution >= 4 is 39.3 Å². The molecule has 64 valence electrons. The summed E-state index contributed by atoms with van der Waals surface area (Å²) in [5, 5.41) is 3.17. The molecule has 12 heavy (non-hydrogen) atoms. The van der Waals surface area contributed by atoms with E-state index in [1.165, 1.54) is 0 Å². The first-order chi connectivity index (χ1) is 5.72. The molecular weight excluding hydrogens is 243 g/mol. The van der Waals surface area contributed by atoms with Gasteiger partial charge in [-0.1, -0.05) is 33.6 Å². The van der Waals surface area contributed by atoms with Gasteiger partial charge in [0.25, 0.3) is 0 Å². The summed E-state index contributed by atoms with van der Waals surface area (Å²) >= 11 is 8.62. The second-order valence-electron chi connectivity index (χ2n) is 2.03. The van der Waals surface area contributed by atoms with Crippen LogP contribution < -0.4 is 5.32 Å². The second-order valence-corrected chi connectivity index (χ2v) is 2.98. The van der Waals surface area contributed by atoms with Gasteiger partial charge < -0.3 is 5.32 Å². The number of alkyl halides is 1. The Morgan fingerprint density at radius 3 is 3.00 bits per heavy atom. The number of carbonyl (C=O) groups is 1. The molecule has 0 fully saturated rings. The van der Waals surface area contributed by atoms with Crippen LogP contribution in [-0.4, -0.2) is 16.2 Å². The first-order valence-corrected chi connectivity index (χ1v) is 4.70. The summed E-state index contributed by atoms with van der Waals surface area (Å²) in [5.41, 5.74) is 0. The van der Waals surface area contributed by atoms with E-state index >= 15 is 0 Å². The lowest BCUT2D eigenvalue weighted by atomic mass is 10.4. The van der Waals surface area contributed by atoms with Crippen LogP contribution in [0, 0.1) is 0 Å². The minimum atomic E-state index is -0.148. The van der Waals surface area contributed by atoms with Crippen molar-refractivity contribution in [3.8, 4) is 0 Å². The summed E-state index contributed by atoms with van der Waals surface area (Å²) in [4.78, 5) is 14.7. The van der Waals surface area contributed by atoms with Crippen LogP contribution >= 0.6 is 27.5 Å². The van der Waals surface area contributed by atoms with E-state index in [1.54, 1.807) is 18.2 Å². The highest BCUT2D eigenvalue weighted by Crippen LogP contribution is 2.08. The van der Waals surface area contributed by atoms with Gasteiger partial charge >= 0.3 is 0 Å². The molecule has 0 unspecified atom stereocenters. The Morgan fingerprint density at radius 1 is 1.67 bits per heavy atom. The number of halogens is 2. The van der Waals surface area contributed by atoms with Crippen molar-refractivity contribution in [2.75, 3.05) is 10.6 Å². The summed E-state index contributed by atoms with van der Waals surface area (Å²) in [6.45, 7) is 0. The van der Waals surface area contributed by atoms with Crippen molar-refractivity contribution in [1.82, 2.24) is 4.98 Å². The minimum absolute atomic E-state index is 0.148. The van der Waals surface area contributed by atoms with Crippen LogP contribution in [0.25, 0.3) is 0 Å². The molecule has 1 aromatic heterocycles. The predicted molar refractivity (Wildman–Crippen MR) is 51.7 cm³/mol. The molecule has 0 radical (unpaired) electrons. The maximum atomic E-state index is 10.9. The van der Waals surface area contributed by atoms with Crippen LogP contribution in [0.3, 0.4) is 0 Å². The molecular formula is C7H6BrClN2O. The fourth-order valence-corrected chi connectivity index (χ4v) is 0.958. The Kier molecular flexibility index (Phi) is 3.49. The minimum Gasteiger partial charge on any atom is -0.310 e. The average molecular weight is 249 g/mol. The van der Waals surface area contributed by atoms with E-state index in [1.807, 2.05) is 0 Å². The molecule has 3 nitrogen and oxygen atoms in total. The van der Waals surface area contributed by atoms with E-state index in [4.69, 9.17) is 11.6 Å². The van der Waals surface area contributed by atoms with Crippen molar-refractivity contribution in [1.29, 1.82) is 0 Å². The summed E-state index contributed by atoms with van der Waals surface area (Å²) in [7, 11) is 0. The third kappa shape index (κ3) is 2.79. The number of aromatic nitrogens is 1. The third-order valence-corrected chi connectivity index (χ3v) is 1.82. The normalized spacial score (nSPS) is 9.50. The lowest BCUT2D eigenvalue weighted by molar-refractivity contribution is -0.113. The van der Waals surface area contributed by atoms with E-state index in [-0.39, 0.29) is 11.2 Å². The van der Waals surface area contributed by atoms with Crippen LogP contribution in [0.15, 0.2) is 18.2 Å². The Balaban J connectivity index is 2.69. The van der Waals surface area contributed by atoms with Gasteiger partial charge in [0, 0.05) is 0 Å². The zero-order chi connectivity index (χ0) is 8.97. The SMILES string of the molecule is O=C(CBr)Nc1cccc(Cl)n1. The first-order valence-electron chi connectivity index (χ1n) is 3.21. The molecule has 1 amide bonds. The third-order valence-electron chi connectivity index (χ3n) is 1.10. The molecule has 0 aromatic carbocycles. The standard InChI is InChI=1S/C7H6BrClN2O/c8-4-7(12)11-6-3-1-2-5(9)10-6/h1-3H,4H2,(H,10,11,12). The molecule has 0 aliphatic heterocycles. The molecule has 0 atom stereocenters. The fraction of sp³-hybridized carbons (Fsp3) is 0.143. The van der Waals surface area contributed by atoms with Crippen molar-refractivity contribution in [3.05, 3.63) is 23.4 Å². The summed E-state index contributed by atoms with van der Waals surface area (Å²) in [6.07, 6.45) is 0. The van der Waals surface area contributed by atoms with Gasteiger partial charge in [-0.3, -0.25) is 4.79 Å². The molecule has 1 N–H and O–H groups in total. The largest absolute Gasteiger partial charge is 0.310 e. The number of rotatable bonds is 2. The number of anilines is 1. The molecule has 0 aliphatic carbocycles. The molecule has 1 rings (SSSR count). The zero-order valence-corrected chi connectivity index (χ0v) is 8.39. The number of carbonyl (C=O) groups excluding carboxylic acids is 1.